The van der Waals surface area contributed by atoms with Gasteiger partial charge >= 0.3 is 0 Å². The quantitative estimate of drug-likeness (QED) is 0.366. The predicted octanol–water partition coefficient (Wildman–Crippen LogP) is -0.152. The summed E-state index contributed by atoms with van der Waals surface area (Å²) in [6, 6.07) is 0. The van der Waals surface area contributed by atoms with Crippen LogP contribution in [0.5, 0.6) is 0 Å². The first kappa shape index (κ1) is 11.2. The fraction of sp³-hybridized carbons (Fsp3) is 0.875. The van der Waals surface area contributed by atoms with Crippen LogP contribution in [0.1, 0.15) is 6.42 Å². The van der Waals surface area contributed by atoms with Gasteiger partial charge < -0.3 is 14.9 Å². The molecule has 0 radical (unpaired) electrons. The van der Waals surface area contributed by atoms with Crippen LogP contribution in [0.4, 0.5) is 0 Å². The SMILES string of the molecule is CN(C)C(=NCCCO)N(C)C. The van der Waals surface area contributed by atoms with Gasteiger partial charge in [0.1, 0.15) is 0 Å². The molecule has 4 heteroatoms. The second-order valence-electron chi connectivity index (χ2n) is 3.05. The second kappa shape index (κ2) is 5.83. The van der Waals surface area contributed by atoms with Crippen molar-refractivity contribution < 1.29 is 5.11 Å². The van der Waals surface area contributed by atoms with Crippen molar-refractivity contribution in [3.63, 3.8) is 0 Å². The van der Waals surface area contributed by atoms with E-state index in [-0.39, 0.29) is 6.61 Å². The zero-order valence-electron chi connectivity index (χ0n) is 8.41. The van der Waals surface area contributed by atoms with Crippen LogP contribution in [-0.2, 0) is 0 Å². The number of guanidine groups is 1. The number of rotatable bonds is 3. The number of aliphatic hydroxyl groups is 1. The van der Waals surface area contributed by atoms with E-state index < -0.39 is 0 Å². The molecule has 0 saturated heterocycles. The van der Waals surface area contributed by atoms with Crippen LogP contribution >= 0.6 is 0 Å². The summed E-state index contributed by atoms with van der Waals surface area (Å²) in [5, 5.41) is 8.56. The third-order valence-electron chi connectivity index (χ3n) is 1.37. The number of hydrogen-bond acceptors (Lipinski definition) is 2. The molecule has 0 bridgehead atoms. The molecule has 0 aliphatic carbocycles. The van der Waals surface area contributed by atoms with Crippen LogP contribution in [0.25, 0.3) is 0 Å². The van der Waals surface area contributed by atoms with Gasteiger partial charge in [-0.15, -0.1) is 0 Å². The van der Waals surface area contributed by atoms with Gasteiger partial charge in [-0.25, -0.2) is 0 Å². The highest BCUT2D eigenvalue weighted by atomic mass is 16.3. The van der Waals surface area contributed by atoms with Gasteiger partial charge in [0.15, 0.2) is 5.96 Å². The Morgan fingerprint density at radius 1 is 1.17 bits per heavy atom. The minimum absolute atomic E-state index is 0.206. The van der Waals surface area contributed by atoms with Crippen molar-refractivity contribution in [1.29, 1.82) is 0 Å². The Bertz CT molecular complexity index is 133. The molecule has 0 atom stereocenters. The van der Waals surface area contributed by atoms with Crippen molar-refractivity contribution in [2.24, 2.45) is 4.99 Å². The lowest BCUT2D eigenvalue weighted by molar-refractivity contribution is 0.290. The minimum atomic E-state index is 0.206. The molecule has 1 N–H and O–H groups in total. The fourth-order valence-electron chi connectivity index (χ4n) is 0.933. The average molecular weight is 173 g/mol. The van der Waals surface area contributed by atoms with E-state index >= 15 is 0 Å². The summed E-state index contributed by atoms with van der Waals surface area (Å²) in [6.07, 6.45) is 0.727. The summed E-state index contributed by atoms with van der Waals surface area (Å²) < 4.78 is 0. The standard InChI is InChI=1S/C8H19N3O/c1-10(2)8(11(3)4)9-6-5-7-12/h12H,5-7H2,1-4H3. The first-order valence-electron chi connectivity index (χ1n) is 4.09. The summed E-state index contributed by atoms with van der Waals surface area (Å²) in [5.74, 6) is 0.934. The highest BCUT2D eigenvalue weighted by molar-refractivity contribution is 5.79. The molecule has 0 aromatic rings. The van der Waals surface area contributed by atoms with Crippen LogP contribution < -0.4 is 0 Å². The highest BCUT2D eigenvalue weighted by Gasteiger charge is 2.02. The van der Waals surface area contributed by atoms with Gasteiger partial charge in [0.2, 0.25) is 0 Å². The Kier molecular flexibility index (Phi) is 5.45. The van der Waals surface area contributed by atoms with Crippen molar-refractivity contribution >= 4 is 5.96 Å². The van der Waals surface area contributed by atoms with Gasteiger partial charge in [0, 0.05) is 41.3 Å². The zero-order valence-corrected chi connectivity index (χ0v) is 8.41. The molecule has 0 aliphatic rings. The maximum atomic E-state index is 8.56. The molecule has 12 heavy (non-hydrogen) atoms. The number of hydrogen-bond donors (Lipinski definition) is 1. The molecular weight excluding hydrogens is 154 g/mol. The van der Waals surface area contributed by atoms with Gasteiger partial charge in [-0.05, 0) is 6.42 Å². The Morgan fingerprint density at radius 2 is 1.67 bits per heavy atom. The van der Waals surface area contributed by atoms with E-state index in [1.165, 1.54) is 0 Å². The maximum absolute atomic E-state index is 8.56. The summed E-state index contributed by atoms with van der Waals surface area (Å²) >= 11 is 0. The van der Waals surface area contributed by atoms with Crippen molar-refractivity contribution in [3.8, 4) is 0 Å². The molecule has 0 aromatic heterocycles. The topological polar surface area (TPSA) is 39.1 Å². The molecule has 0 fully saturated rings. The molecule has 0 aliphatic heterocycles. The zero-order chi connectivity index (χ0) is 9.56. The Morgan fingerprint density at radius 3 is 2.00 bits per heavy atom. The fourth-order valence-corrected chi connectivity index (χ4v) is 0.933. The number of aliphatic imine (C=N–C) groups is 1. The van der Waals surface area contributed by atoms with E-state index in [1.54, 1.807) is 0 Å². The number of nitrogens with zero attached hydrogens (tertiary/aromatic N) is 3. The molecule has 4 nitrogen and oxygen atoms in total. The van der Waals surface area contributed by atoms with E-state index in [1.807, 2.05) is 38.0 Å². The lowest BCUT2D eigenvalue weighted by Gasteiger charge is -2.22. The smallest absolute Gasteiger partial charge is 0.195 e. The summed E-state index contributed by atoms with van der Waals surface area (Å²) in [6.45, 7) is 0.889. The van der Waals surface area contributed by atoms with Crippen LogP contribution in [0.15, 0.2) is 4.99 Å². The summed E-state index contributed by atoms with van der Waals surface area (Å²) in [4.78, 5) is 8.23. The molecule has 0 spiro atoms. The van der Waals surface area contributed by atoms with Gasteiger partial charge in [0.05, 0.1) is 0 Å². The lowest BCUT2D eigenvalue weighted by Crippen LogP contribution is -2.35. The highest BCUT2D eigenvalue weighted by Crippen LogP contribution is 1.90. The first-order chi connectivity index (χ1) is 5.59. The summed E-state index contributed by atoms with van der Waals surface area (Å²) in [7, 11) is 7.82. The van der Waals surface area contributed by atoms with Crippen molar-refractivity contribution in [2.75, 3.05) is 41.3 Å². The molecular formula is C8H19N3O. The van der Waals surface area contributed by atoms with Gasteiger partial charge in [-0.2, -0.15) is 0 Å². The van der Waals surface area contributed by atoms with E-state index in [9.17, 15) is 0 Å². The Labute approximate surface area is 74.5 Å². The normalized spacial score (nSPS) is 9.42. The lowest BCUT2D eigenvalue weighted by atomic mass is 10.5. The predicted molar refractivity (Wildman–Crippen MR) is 51.4 cm³/mol. The second-order valence-corrected chi connectivity index (χ2v) is 3.05. The molecule has 0 aromatic carbocycles. The van der Waals surface area contributed by atoms with Crippen LogP contribution in [0.3, 0.4) is 0 Å². The Hall–Kier alpha value is -0.770. The largest absolute Gasteiger partial charge is 0.396 e. The van der Waals surface area contributed by atoms with Crippen molar-refractivity contribution in [2.45, 2.75) is 6.42 Å². The van der Waals surface area contributed by atoms with E-state index in [4.69, 9.17) is 5.11 Å². The molecule has 0 heterocycles. The van der Waals surface area contributed by atoms with E-state index in [0.29, 0.717) is 6.54 Å². The molecule has 0 amide bonds. The van der Waals surface area contributed by atoms with Gasteiger partial charge in [-0.3, -0.25) is 4.99 Å². The first-order valence-corrected chi connectivity index (χ1v) is 4.09. The molecule has 0 unspecified atom stereocenters. The third-order valence-corrected chi connectivity index (χ3v) is 1.37. The monoisotopic (exact) mass is 173 g/mol. The van der Waals surface area contributed by atoms with Gasteiger partial charge in [-0.1, -0.05) is 0 Å². The molecule has 0 saturated carbocycles. The average Bonchev–Trinajstić information content (AvgIpc) is 1.96. The molecule has 72 valence electrons. The van der Waals surface area contributed by atoms with Crippen LogP contribution in [0, 0.1) is 0 Å². The van der Waals surface area contributed by atoms with Crippen LogP contribution in [0.2, 0.25) is 0 Å². The van der Waals surface area contributed by atoms with E-state index in [0.717, 1.165) is 12.4 Å². The van der Waals surface area contributed by atoms with Crippen molar-refractivity contribution in [3.05, 3.63) is 0 Å². The minimum Gasteiger partial charge on any atom is -0.396 e. The van der Waals surface area contributed by atoms with E-state index in [2.05, 4.69) is 4.99 Å². The van der Waals surface area contributed by atoms with Crippen LogP contribution in [-0.4, -0.2) is 62.2 Å². The Balaban J connectivity index is 4.00. The molecule has 0 rings (SSSR count). The number of aliphatic hydroxyl groups excluding tert-OH is 1. The third kappa shape index (κ3) is 4.18. The summed E-state index contributed by atoms with van der Waals surface area (Å²) in [5.41, 5.74) is 0. The van der Waals surface area contributed by atoms with Gasteiger partial charge in [0.25, 0.3) is 0 Å². The van der Waals surface area contributed by atoms with Crippen molar-refractivity contribution in [1.82, 2.24) is 9.80 Å². The maximum Gasteiger partial charge on any atom is 0.195 e.